The van der Waals surface area contributed by atoms with Gasteiger partial charge in [0.05, 0.1) is 0 Å². The van der Waals surface area contributed by atoms with Crippen LogP contribution >= 0.6 is 0 Å². The molecule has 0 bridgehead atoms. The molecule has 0 aliphatic rings. The van der Waals surface area contributed by atoms with Gasteiger partial charge in [0, 0.05) is 39.3 Å². The lowest BCUT2D eigenvalue weighted by atomic mass is 9.91. The summed E-state index contributed by atoms with van der Waals surface area (Å²) in [6, 6.07) is 50.2. The molecule has 0 aliphatic heterocycles. The second-order valence-electron chi connectivity index (χ2n) is 12.9. The Hall–Kier alpha value is -5.80. The first-order chi connectivity index (χ1) is 23.8. The molecule has 7 rings (SSSR count). The lowest BCUT2D eigenvalue weighted by Gasteiger charge is -2.27. The molecule has 0 aromatic heterocycles. The molecule has 0 spiro atoms. The van der Waals surface area contributed by atoms with Crippen molar-refractivity contribution in [2.24, 2.45) is 0 Å². The molecule has 3 nitrogen and oxygen atoms in total. The van der Waals surface area contributed by atoms with Crippen LogP contribution in [0.2, 0.25) is 0 Å². The van der Waals surface area contributed by atoms with Gasteiger partial charge in [-0.3, -0.25) is 9.59 Å². The zero-order valence-corrected chi connectivity index (χ0v) is 28.4. The molecule has 1 atom stereocenters. The first-order valence-electron chi connectivity index (χ1n) is 17.0. The number of Topliss-reactive ketones (excluding diaryl/α,β-unsaturated/α-hetero) is 2. The van der Waals surface area contributed by atoms with Crippen molar-refractivity contribution in [2.75, 3.05) is 4.90 Å². The van der Waals surface area contributed by atoms with Crippen molar-refractivity contribution < 1.29 is 9.59 Å². The van der Waals surface area contributed by atoms with Gasteiger partial charge in [-0.15, -0.1) is 0 Å². The first-order valence-corrected chi connectivity index (χ1v) is 17.0. The summed E-state index contributed by atoms with van der Waals surface area (Å²) in [7, 11) is 0. The molecule has 1 unspecified atom stereocenters. The van der Waals surface area contributed by atoms with E-state index < -0.39 is 0 Å². The summed E-state index contributed by atoms with van der Waals surface area (Å²) in [6.07, 6.45) is 1.08. The molecule has 240 valence electrons. The van der Waals surface area contributed by atoms with Gasteiger partial charge in [0.2, 0.25) is 0 Å². The predicted molar refractivity (Wildman–Crippen MR) is 206 cm³/mol. The molecular formula is C46H39NO2. The van der Waals surface area contributed by atoms with E-state index in [1.54, 1.807) is 13.8 Å². The Labute approximate surface area is 288 Å². The van der Waals surface area contributed by atoms with Crippen LogP contribution in [0.15, 0.2) is 146 Å². The SMILES string of the molecule is CCC(C)c1ccc(N(c2ccc(-c3c(C(C)=O)ccc4ccccc34)cc2)c2ccc(-c3c(C(C)=O)ccc4ccccc34)cc2)cc1. The molecule has 7 aromatic carbocycles. The van der Waals surface area contributed by atoms with Crippen LogP contribution in [-0.2, 0) is 0 Å². The second kappa shape index (κ2) is 13.4. The van der Waals surface area contributed by atoms with Crippen LogP contribution in [0.25, 0.3) is 43.8 Å². The topological polar surface area (TPSA) is 37.4 Å². The van der Waals surface area contributed by atoms with Gasteiger partial charge in [-0.2, -0.15) is 0 Å². The summed E-state index contributed by atoms with van der Waals surface area (Å²) in [4.78, 5) is 27.8. The largest absolute Gasteiger partial charge is 0.311 e. The lowest BCUT2D eigenvalue weighted by molar-refractivity contribution is 0.101. The Kier molecular flexibility index (Phi) is 8.67. The fourth-order valence-corrected chi connectivity index (χ4v) is 6.94. The number of hydrogen-bond donors (Lipinski definition) is 0. The van der Waals surface area contributed by atoms with Crippen molar-refractivity contribution in [1.82, 2.24) is 0 Å². The summed E-state index contributed by atoms with van der Waals surface area (Å²) in [5.41, 5.74) is 9.75. The van der Waals surface area contributed by atoms with E-state index in [9.17, 15) is 9.59 Å². The summed E-state index contributed by atoms with van der Waals surface area (Å²) < 4.78 is 0. The van der Waals surface area contributed by atoms with Crippen molar-refractivity contribution in [3.05, 3.63) is 162 Å². The standard InChI is InChI=1S/C46H39NO2/c1-5-30(2)33-14-22-38(23-15-33)47(39-24-16-36(17-25-39)45-41(31(3)48)28-20-34-10-6-8-12-43(34)45)40-26-18-37(19-27-40)46-42(32(4)49)29-21-35-11-7-9-13-44(35)46/h6-30H,5H2,1-4H3. The molecule has 3 heteroatoms. The van der Waals surface area contributed by atoms with Crippen molar-refractivity contribution in [2.45, 2.75) is 40.0 Å². The summed E-state index contributed by atoms with van der Waals surface area (Å²) in [6.45, 7) is 7.74. The summed E-state index contributed by atoms with van der Waals surface area (Å²) in [5.74, 6) is 0.576. The molecule has 0 amide bonds. The highest BCUT2D eigenvalue weighted by Crippen LogP contribution is 2.40. The number of carbonyl (C=O) groups is 2. The summed E-state index contributed by atoms with van der Waals surface area (Å²) >= 11 is 0. The number of fused-ring (bicyclic) bond motifs is 2. The number of carbonyl (C=O) groups excluding carboxylic acids is 2. The third kappa shape index (κ3) is 6.05. The maximum atomic E-state index is 12.8. The van der Waals surface area contributed by atoms with Crippen LogP contribution in [0, 0.1) is 0 Å². The second-order valence-corrected chi connectivity index (χ2v) is 12.9. The molecule has 0 radical (unpaired) electrons. The van der Waals surface area contributed by atoms with Gasteiger partial charge in [0.25, 0.3) is 0 Å². The average Bonchev–Trinajstić information content (AvgIpc) is 3.14. The molecule has 7 aromatic rings. The smallest absolute Gasteiger partial charge is 0.160 e. The maximum Gasteiger partial charge on any atom is 0.160 e. The molecular weight excluding hydrogens is 599 g/mol. The Bertz CT molecular complexity index is 2180. The number of nitrogens with zero attached hydrogens (tertiary/aromatic N) is 1. The number of benzene rings is 7. The van der Waals surface area contributed by atoms with E-state index in [0.717, 1.165) is 78.4 Å². The molecule has 0 saturated carbocycles. The van der Waals surface area contributed by atoms with Gasteiger partial charge in [-0.05, 0) is 101 Å². The van der Waals surface area contributed by atoms with Crippen molar-refractivity contribution in [1.29, 1.82) is 0 Å². The number of rotatable bonds is 9. The molecule has 0 N–H and O–H groups in total. The Morgan fingerprint density at radius 1 is 0.510 bits per heavy atom. The minimum absolute atomic E-state index is 0.0482. The minimum Gasteiger partial charge on any atom is -0.311 e. The van der Waals surface area contributed by atoms with Gasteiger partial charge in [-0.1, -0.05) is 123 Å². The van der Waals surface area contributed by atoms with Gasteiger partial charge in [0.1, 0.15) is 0 Å². The molecule has 0 saturated heterocycles. The Morgan fingerprint density at radius 3 is 1.29 bits per heavy atom. The number of ketones is 2. The third-order valence-electron chi connectivity index (χ3n) is 9.78. The van der Waals surface area contributed by atoms with Gasteiger partial charge >= 0.3 is 0 Å². The quantitative estimate of drug-likeness (QED) is 0.148. The van der Waals surface area contributed by atoms with Crippen LogP contribution < -0.4 is 4.90 Å². The highest BCUT2D eigenvalue weighted by molar-refractivity contribution is 6.11. The first kappa shape index (κ1) is 31.8. The fraction of sp³-hybridized carbons (Fsp3) is 0.130. The van der Waals surface area contributed by atoms with Gasteiger partial charge < -0.3 is 4.90 Å². The molecule has 0 heterocycles. The average molecular weight is 638 g/mol. The maximum absolute atomic E-state index is 12.8. The van der Waals surface area contributed by atoms with E-state index in [2.05, 4.69) is 116 Å². The van der Waals surface area contributed by atoms with E-state index >= 15 is 0 Å². The van der Waals surface area contributed by atoms with Crippen LogP contribution in [0.4, 0.5) is 17.1 Å². The van der Waals surface area contributed by atoms with Crippen LogP contribution in [0.3, 0.4) is 0 Å². The van der Waals surface area contributed by atoms with Crippen molar-refractivity contribution >= 4 is 50.2 Å². The minimum atomic E-state index is 0.0482. The molecule has 49 heavy (non-hydrogen) atoms. The van der Waals surface area contributed by atoms with Gasteiger partial charge in [-0.25, -0.2) is 0 Å². The van der Waals surface area contributed by atoms with E-state index in [1.165, 1.54) is 5.56 Å². The van der Waals surface area contributed by atoms with E-state index in [1.807, 2.05) is 48.5 Å². The summed E-state index contributed by atoms with van der Waals surface area (Å²) in [5, 5.41) is 4.34. The van der Waals surface area contributed by atoms with E-state index in [0.29, 0.717) is 5.92 Å². The highest BCUT2D eigenvalue weighted by atomic mass is 16.1. The fourth-order valence-electron chi connectivity index (χ4n) is 6.94. The molecule has 0 aliphatic carbocycles. The number of hydrogen-bond acceptors (Lipinski definition) is 3. The van der Waals surface area contributed by atoms with Gasteiger partial charge in [0.15, 0.2) is 11.6 Å². The predicted octanol–water partition coefficient (Wildman–Crippen LogP) is 12.7. The van der Waals surface area contributed by atoms with Crippen LogP contribution in [0.1, 0.15) is 66.3 Å². The van der Waals surface area contributed by atoms with Crippen molar-refractivity contribution in [3.8, 4) is 22.3 Å². The monoisotopic (exact) mass is 637 g/mol. The highest BCUT2D eigenvalue weighted by Gasteiger charge is 2.18. The van der Waals surface area contributed by atoms with E-state index in [-0.39, 0.29) is 11.6 Å². The lowest BCUT2D eigenvalue weighted by Crippen LogP contribution is -2.10. The molecule has 0 fully saturated rings. The number of anilines is 3. The zero-order valence-electron chi connectivity index (χ0n) is 28.4. The Morgan fingerprint density at radius 2 is 0.898 bits per heavy atom. The van der Waals surface area contributed by atoms with Crippen LogP contribution in [-0.4, -0.2) is 11.6 Å². The zero-order chi connectivity index (χ0) is 34.1. The van der Waals surface area contributed by atoms with E-state index in [4.69, 9.17) is 0 Å². The normalized spacial score (nSPS) is 11.8. The van der Waals surface area contributed by atoms with Crippen LogP contribution in [0.5, 0.6) is 0 Å². The van der Waals surface area contributed by atoms with Crippen molar-refractivity contribution in [3.63, 3.8) is 0 Å². The third-order valence-corrected chi connectivity index (χ3v) is 9.78. The Balaban J connectivity index is 1.34.